The van der Waals surface area contributed by atoms with E-state index in [4.69, 9.17) is 9.72 Å². The molecular formula is C24H21FN4O4. The molecule has 1 atom stereocenters. The number of piperidine rings is 1. The molecule has 3 amide bonds. The van der Waals surface area contributed by atoms with Crippen LogP contribution in [0.25, 0.3) is 22.6 Å². The predicted molar refractivity (Wildman–Crippen MR) is 117 cm³/mol. The molecule has 1 N–H and O–H groups in total. The minimum atomic E-state index is -0.652. The van der Waals surface area contributed by atoms with Crippen LogP contribution in [0.4, 0.5) is 4.39 Å². The highest BCUT2D eigenvalue weighted by atomic mass is 19.1. The van der Waals surface area contributed by atoms with Crippen LogP contribution in [0.3, 0.4) is 0 Å². The van der Waals surface area contributed by atoms with Gasteiger partial charge in [-0.05, 0) is 42.3 Å². The Labute approximate surface area is 189 Å². The summed E-state index contributed by atoms with van der Waals surface area (Å²) in [6.45, 7) is 0.295. The van der Waals surface area contributed by atoms with Gasteiger partial charge in [0.05, 0.1) is 12.8 Å². The van der Waals surface area contributed by atoms with Gasteiger partial charge in [-0.3, -0.25) is 19.7 Å². The fraction of sp³-hybridized carbons (Fsp3) is 0.250. The molecule has 5 rings (SSSR count). The van der Waals surface area contributed by atoms with Gasteiger partial charge in [0.25, 0.3) is 5.91 Å². The third-order valence-corrected chi connectivity index (χ3v) is 6.10. The zero-order chi connectivity index (χ0) is 23.3. The number of amides is 3. The first-order chi connectivity index (χ1) is 15.9. The molecule has 168 valence electrons. The number of hydrogen-bond donors (Lipinski definition) is 1. The van der Waals surface area contributed by atoms with E-state index in [2.05, 4.69) is 5.32 Å². The van der Waals surface area contributed by atoms with Gasteiger partial charge in [-0.2, -0.15) is 0 Å². The maximum Gasteiger partial charge on any atom is 0.255 e. The van der Waals surface area contributed by atoms with Crippen molar-refractivity contribution < 1.29 is 23.5 Å². The lowest BCUT2D eigenvalue weighted by atomic mass is 10.0. The zero-order valence-electron chi connectivity index (χ0n) is 18.1. The van der Waals surface area contributed by atoms with Crippen LogP contribution in [0.1, 0.15) is 28.8 Å². The van der Waals surface area contributed by atoms with E-state index in [-0.39, 0.29) is 24.0 Å². The number of nitrogens with one attached hydrogen (secondary N) is 1. The van der Waals surface area contributed by atoms with E-state index in [1.165, 1.54) is 18.1 Å². The minimum Gasteiger partial charge on any atom is -0.494 e. The Bertz CT molecular complexity index is 1320. The average Bonchev–Trinajstić information content (AvgIpc) is 3.34. The molecule has 1 aromatic heterocycles. The molecule has 8 nitrogen and oxygen atoms in total. The number of benzene rings is 2. The second-order valence-electron chi connectivity index (χ2n) is 8.18. The van der Waals surface area contributed by atoms with E-state index in [1.54, 1.807) is 18.2 Å². The summed E-state index contributed by atoms with van der Waals surface area (Å²) in [6.07, 6.45) is 2.40. The van der Waals surface area contributed by atoms with Gasteiger partial charge in [0.15, 0.2) is 11.6 Å². The van der Waals surface area contributed by atoms with Crippen LogP contribution in [0, 0.1) is 5.82 Å². The number of imidazole rings is 1. The third kappa shape index (κ3) is 3.55. The SMILES string of the molecule is COc1cc(-c2nc(-c3ccc4c(c3)CN(C3CCC(=O)NC3=O)C4=O)cn2C)ccc1F. The van der Waals surface area contributed by atoms with Gasteiger partial charge in [-0.25, -0.2) is 9.37 Å². The highest BCUT2D eigenvalue weighted by Crippen LogP contribution is 2.32. The van der Waals surface area contributed by atoms with Gasteiger partial charge in [-0.15, -0.1) is 0 Å². The Hall–Kier alpha value is -4.01. The standard InChI is InChI=1S/C24H21FN4O4/c1-28-12-18(26-22(28)14-4-6-17(25)20(10-14)33-2)13-3-5-16-15(9-13)11-29(24(16)32)19-7-8-21(30)27-23(19)31/h3-6,9-10,12,19H,7-8,11H2,1-2H3,(H,27,30,31). The summed E-state index contributed by atoms with van der Waals surface area (Å²) in [4.78, 5) is 42.8. The van der Waals surface area contributed by atoms with Crippen molar-refractivity contribution >= 4 is 17.7 Å². The summed E-state index contributed by atoms with van der Waals surface area (Å²) < 4.78 is 20.7. The Morgan fingerprint density at radius 2 is 1.91 bits per heavy atom. The Kier molecular flexibility index (Phi) is 4.96. The second-order valence-corrected chi connectivity index (χ2v) is 8.18. The number of fused-ring (bicyclic) bond motifs is 1. The monoisotopic (exact) mass is 448 g/mol. The smallest absolute Gasteiger partial charge is 0.255 e. The molecule has 0 bridgehead atoms. The van der Waals surface area contributed by atoms with E-state index in [0.717, 1.165) is 11.1 Å². The lowest BCUT2D eigenvalue weighted by Gasteiger charge is -2.29. The van der Waals surface area contributed by atoms with Crippen molar-refractivity contribution in [3.8, 4) is 28.4 Å². The van der Waals surface area contributed by atoms with Gasteiger partial charge >= 0.3 is 0 Å². The molecule has 0 saturated carbocycles. The number of methoxy groups -OCH3 is 1. The molecule has 3 heterocycles. The van der Waals surface area contributed by atoms with Gasteiger partial charge in [0, 0.05) is 42.9 Å². The number of halogens is 1. The van der Waals surface area contributed by atoms with E-state index in [9.17, 15) is 18.8 Å². The van der Waals surface area contributed by atoms with Crippen LogP contribution in [0.2, 0.25) is 0 Å². The van der Waals surface area contributed by atoms with E-state index in [1.807, 2.05) is 29.9 Å². The Morgan fingerprint density at radius 3 is 2.67 bits per heavy atom. The number of rotatable bonds is 4. The summed E-state index contributed by atoms with van der Waals surface area (Å²) in [5.74, 6) is -0.624. The quantitative estimate of drug-likeness (QED) is 0.620. The summed E-state index contributed by atoms with van der Waals surface area (Å²) in [7, 11) is 3.26. The summed E-state index contributed by atoms with van der Waals surface area (Å²) >= 11 is 0. The first-order valence-electron chi connectivity index (χ1n) is 10.5. The number of aryl methyl sites for hydroxylation is 1. The first-order valence-corrected chi connectivity index (χ1v) is 10.5. The molecule has 0 spiro atoms. The van der Waals surface area contributed by atoms with Crippen LogP contribution < -0.4 is 10.1 Å². The number of imide groups is 1. The highest BCUT2D eigenvalue weighted by Gasteiger charge is 2.39. The molecule has 0 radical (unpaired) electrons. The first kappa shape index (κ1) is 20.9. The molecule has 1 saturated heterocycles. The van der Waals surface area contributed by atoms with Gasteiger partial charge in [-0.1, -0.05) is 6.07 Å². The summed E-state index contributed by atoms with van der Waals surface area (Å²) in [5.41, 5.74) is 3.58. The summed E-state index contributed by atoms with van der Waals surface area (Å²) in [6, 6.07) is 9.39. The molecule has 3 aromatic rings. The van der Waals surface area contributed by atoms with Crippen molar-refractivity contribution in [1.29, 1.82) is 0 Å². The topological polar surface area (TPSA) is 93.5 Å². The van der Waals surface area contributed by atoms with Crippen molar-refractivity contribution in [2.24, 2.45) is 7.05 Å². The Balaban J connectivity index is 1.44. The molecule has 1 fully saturated rings. The molecule has 2 aliphatic rings. The van der Waals surface area contributed by atoms with Crippen LogP contribution in [-0.2, 0) is 23.2 Å². The molecule has 1 unspecified atom stereocenters. The lowest BCUT2D eigenvalue weighted by molar-refractivity contribution is -0.136. The maximum absolute atomic E-state index is 13.8. The van der Waals surface area contributed by atoms with Crippen LogP contribution in [-0.4, -0.2) is 45.3 Å². The fourth-order valence-corrected chi connectivity index (χ4v) is 4.41. The average molecular weight is 448 g/mol. The van der Waals surface area contributed by atoms with Crippen LogP contribution in [0.15, 0.2) is 42.6 Å². The molecule has 33 heavy (non-hydrogen) atoms. The number of hydrogen-bond acceptors (Lipinski definition) is 5. The predicted octanol–water partition coefficient (Wildman–Crippen LogP) is 2.66. The minimum absolute atomic E-state index is 0.140. The van der Waals surface area contributed by atoms with Crippen molar-refractivity contribution in [3.05, 3.63) is 59.5 Å². The van der Waals surface area contributed by atoms with Crippen molar-refractivity contribution in [1.82, 2.24) is 19.8 Å². The lowest BCUT2D eigenvalue weighted by Crippen LogP contribution is -2.52. The van der Waals surface area contributed by atoms with Gasteiger partial charge < -0.3 is 14.2 Å². The van der Waals surface area contributed by atoms with E-state index in [0.29, 0.717) is 35.6 Å². The Morgan fingerprint density at radius 1 is 1.12 bits per heavy atom. The molecule has 2 aliphatic heterocycles. The molecule has 0 aliphatic carbocycles. The molecular weight excluding hydrogens is 427 g/mol. The molecule has 9 heteroatoms. The summed E-state index contributed by atoms with van der Waals surface area (Å²) in [5, 5.41) is 2.31. The number of carbonyl (C=O) groups is 3. The highest BCUT2D eigenvalue weighted by molar-refractivity contribution is 6.05. The second kappa shape index (κ2) is 7.84. The maximum atomic E-state index is 13.8. The van der Waals surface area contributed by atoms with E-state index < -0.39 is 17.8 Å². The van der Waals surface area contributed by atoms with Crippen LogP contribution >= 0.6 is 0 Å². The largest absolute Gasteiger partial charge is 0.494 e. The molecule has 2 aromatic carbocycles. The number of carbonyl (C=O) groups excluding carboxylic acids is 3. The number of nitrogens with zero attached hydrogens (tertiary/aromatic N) is 3. The normalized spacial score (nSPS) is 17.8. The van der Waals surface area contributed by atoms with Crippen molar-refractivity contribution in [2.75, 3.05) is 7.11 Å². The third-order valence-electron chi connectivity index (χ3n) is 6.10. The van der Waals surface area contributed by atoms with Gasteiger partial charge in [0.2, 0.25) is 11.8 Å². The number of ether oxygens (including phenoxy) is 1. The van der Waals surface area contributed by atoms with Crippen molar-refractivity contribution in [3.63, 3.8) is 0 Å². The van der Waals surface area contributed by atoms with E-state index >= 15 is 0 Å². The van der Waals surface area contributed by atoms with Crippen molar-refractivity contribution in [2.45, 2.75) is 25.4 Å². The van der Waals surface area contributed by atoms with Crippen LogP contribution in [0.5, 0.6) is 5.75 Å². The van der Waals surface area contributed by atoms with Gasteiger partial charge in [0.1, 0.15) is 11.9 Å². The fourth-order valence-electron chi connectivity index (χ4n) is 4.41. The zero-order valence-corrected chi connectivity index (χ0v) is 18.1. The number of aromatic nitrogens is 2.